The van der Waals surface area contributed by atoms with Crippen molar-refractivity contribution in [3.05, 3.63) is 33.9 Å². The predicted molar refractivity (Wildman–Crippen MR) is 104 cm³/mol. The zero-order valence-corrected chi connectivity index (χ0v) is 16.5. The van der Waals surface area contributed by atoms with Gasteiger partial charge in [-0.1, -0.05) is 0 Å². The number of aryl methyl sites for hydroxylation is 2. The number of aromatic nitrogens is 3. The first-order valence-electron chi connectivity index (χ1n) is 9.38. The highest BCUT2D eigenvalue weighted by Gasteiger charge is 2.39. The fourth-order valence-electron chi connectivity index (χ4n) is 4.15. The lowest BCUT2D eigenvalue weighted by Gasteiger charge is -2.43. The smallest absolute Gasteiger partial charge is 0.151 e. The Morgan fingerprint density at radius 3 is 2.88 bits per heavy atom. The van der Waals surface area contributed by atoms with Crippen molar-refractivity contribution in [1.82, 2.24) is 20.1 Å². The summed E-state index contributed by atoms with van der Waals surface area (Å²) in [5.74, 6) is 0.965. The summed E-state index contributed by atoms with van der Waals surface area (Å²) in [7, 11) is 0. The molecule has 26 heavy (non-hydrogen) atoms. The standard InChI is InChI=1S/C19H27N5OS/c1-15-4-5-18(22-21-15)24-8-9-25-14-19(13-24)6-3-7-23(12-19)10-17-11-26-16(2)20-17/h4-5,11H,3,6-10,12-14H2,1-2H3/t19-/m1/s1. The second kappa shape index (κ2) is 7.58. The number of piperidine rings is 1. The van der Waals surface area contributed by atoms with Crippen molar-refractivity contribution in [3.8, 4) is 0 Å². The summed E-state index contributed by atoms with van der Waals surface area (Å²) in [4.78, 5) is 9.55. The van der Waals surface area contributed by atoms with Gasteiger partial charge in [-0.3, -0.25) is 4.90 Å². The van der Waals surface area contributed by atoms with Crippen LogP contribution in [0.15, 0.2) is 17.5 Å². The highest BCUT2D eigenvalue weighted by Crippen LogP contribution is 2.34. The van der Waals surface area contributed by atoms with E-state index in [1.807, 2.05) is 13.0 Å². The van der Waals surface area contributed by atoms with Crippen LogP contribution in [0, 0.1) is 19.3 Å². The highest BCUT2D eigenvalue weighted by molar-refractivity contribution is 7.09. The van der Waals surface area contributed by atoms with Gasteiger partial charge in [-0.25, -0.2) is 4.98 Å². The van der Waals surface area contributed by atoms with Crippen LogP contribution in [0.25, 0.3) is 0 Å². The molecule has 7 heteroatoms. The Labute approximate surface area is 159 Å². The van der Waals surface area contributed by atoms with E-state index in [1.165, 1.54) is 18.5 Å². The molecular formula is C19H27N5OS. The molecule has 2 aliphatic rings. The van der Waals surface area contributed by atoms with Crippen LogP contribution in [-0.2, 0) is 11.3 Å². The fraction of sp³-hybridized carbons (Fsp3) is 0.632. The molecule has 2 aromatic heterocycles. The molecule has 0 saturated carbocycles. The summed E-state index contributed by atoms with van der Waals surface area (Å²) in [6, 6.07) is 4.12. The zero-order valence-electron chi connectivity index (χ0n) is 15.6. The summed E-state index contributed by atoms with van der Waals surface area (Å²) < 4.78 is 6.04. The Kier molecular flexibility index (Phi) is 5.20. The normalized spacial score (nSPS) is 24.8. The van der Waals surface area contributed by atoms with Gasteiger partial charge in [0.1, 0.15) is 0 Å². The van der Waals surface area contributed by atoms with Crippen LogP contribution < -0.4 is 4.90 Å². The largest absolute Gasteiger partial charge is 0.379 e. The summed E-state index contributed by atoms with van der Waals surface area (Å²) in [5.41, 5.74) is 2.31. The van der Waals surface area contributed by atoms with Crippen LogP contribution in [0.2, 0.25) is 0 Å². The second-order valence-electron chi connectivity index (χ2n) is 7.68. The van der Waals surface area contributed by atoms with Gasteiger partial charge >= 0.3 is 0 Å². The average molecular weight is 374 g/mol. The van der Waals surface area contributed by atoms with E-state index in [4.69, 9.17) is 4.74 Å². The monoisotopic (exact) mass is 373 g/mol. The van der Waals surface area contributed by atoms with E-state index in [0.717, 1.165) is 62.5 Å². The van der Waals surface area contributed by atoms with Crippen LogP contribution in [0.1, 0.15) is 29.2 Å². The first kappa shape index (κ1) is 17.8. The van der Waals surface area contributed by atoms with Crippen molar-refractivity contribution >= 4 is 17.2 Å². The van der Waals surface area contributed by atoms with E-state index in [1.54, 1.807) is 11.3 Å². The summed E-state index contributed by atoms with van der Waals surface area (Å²) in [6.07, 6.45) is 2.41. The minimum absolute atomic E-state index is 0.159. The molecule has 6 nitrogen and oxygen atoms in total. The fourth-order valence-corrected chi connectivity index (χ4v) is 4.75. The number of thiazole rings is 1. The van der Waals surface area contributed by atoms with E-state index in [-0.39, 0.29) is 5.41 Å². The van der Waals surface area contributed by atoms with E-state index in [9.17, 15) is 0 Å². The van der Waals surface area contributed by atoms with Crippen molar-refractivity contribution in [2.75, 3.05) is 44.3 Å². The molecule has 2 aromatic rings. The maximum atomic E-state index is 6.04. The lowest BCUT2D eigenvalue weighted by Crippen LogP contribution is -2.50. The highest BCUT2D eigenvalue weighted by atomic mass is 32.1. The number of likely N-dealkylation sites (tertiary alicyclic amines) is 1. The molecule has 1 spiro atoms. The van der Waals surface area contributed by atoms with Crippen molar-refractivity contribution in [3.63, 3.8) is 0 Å². The molecule has 0 bridgehead atoms. The maximum Gasteiger partial charge on any atom is 0.151 e. The molecule has 140 valence electrons. The molecule has 1 atom stereocenters. The predicted octanol–water partition coefficient (Wildman–Crippen LogP) is 2.67. The third-order valence-corrected chi connectivity index (χ3v) is 6.16. The lowest BCUT2D eigenvalue weighted by atomic mass is 9.80. The molecule has 0 aliphatic carbocycles. The van der Waals surface area contributed by atoms with Gasteiger partial charge in [0.2, 0.25) is 0 Å². The number of rotatable bonds is 3. The Balaban J connectivity index is 1.48. The molecule has 0 aromatic carbocycles. The Hall–Kier alpha value is -1.57. The first-order valence-corrected chi connectivity index (χ1v) is 10.3. The molecule has 2 fully saturated rings. The van der Waals surface area contributed by atoms with Gasteiger partial charge in [0, 0.05) is 37.0 Å². The average Bonchev–Trinajstić information content (AvgIpc) is 2.92. The third kappa shape index (κ3) is 4.05. The molecular weight excluding hydrogens is 346 g/mol. The van der Waals surface area contributed by atoms with Gasteiger partial charge < -0.3 is 9.64 Å². The first-order chi connectivity index (χ1) is 12.6. The molecule has 2 aliphatic heterocycles. The van der Waals surface area contributed by atoms with Crippen LogP contribution in [0.5, 0.6) is 0 Å². The van der Waals surface area contributed by atoms with E-state index in [2.05, 4.69) is 43.4 Å². The quantitative estimate of drug-likeness (QED) is 0.824. The summed E-state index contributed by atoms with van der Waals surface area (Å²) in [5, 5.41) is 12.0. The van der Waals surface area contributed by atoms with Crippen molar-refractivity contribution in [2.24, 2.45) is 5.41 Å². The molecule has 0 N–H and O–H groups in total. The van der Waals surface area contributed by atoms with Crippen LogP contribution in [-0.4, -0.2) is 59.5 Å². The zero-order chi connectivity index (χ0) is 18.0. The Bertz CT molecular complexity index is 734. The van der Waals surface area contributed by atoms with Gasteiger partial charge in [-0.2, -0.15) is 5.10 Å². The minimum atomic E-state index is 0.159. The van der Waals surface area contributed by atoms with Crippen LogP contribution >= 0.6 is 11.3 Å². The van der Waals surface area contributed by atoms with Gasteiger partial charge in [-0.05, 0) is 45.4 Å². The molecule has 4 rings (SSSR count). The lowest BCUT2D eigenvalue weighted by molar-refractivity contribution is 0.0103. The van der Waals surface area contributed by atoms with E-state index in [0.29, 0.717) is 0 Å². The number of ether oxygens (including phenoxy) is 1. The molecule has 2 saturated heterocycles. The van der Waals surface area contributed by atoms with Gasteiger partial charge in [-0.15, -0.1) is 16.4 Å². The Morgan fingerprint density at radius 1 is 1.19 bits per heavy atom. The number of anilines is 1. The van der Waals surface area contributed by atoms with E-state index >= 15 is 0 Å². The molecule has 0 radical (unpaired) electrons. The van der Waals surface area contributed by atoms with Gasteiger partial charge in [0.15, 0.2) is 5.82 Å². The van der Waals surface area contributed by atoms with Crippen molar-refractivity contribution in [1.29, 1.82) is 0 Å². The van der Waals surface area contributed by atoms with Gasteiger partial charge in [0.05, 0.1) is 29.6 Å². The summed E-state index contributed by atoms with van der Waals surface area (Å²) in [6.45, 7) is 10.6. The Morgan fingerprint density at radius 2 is 2.12 bits per heavy atom. The van der Waals surface area contributed by atoms with Crippen LogP contribution in [0.3, 0.4) is 0 Å². The summed E-state index contributed by atoms with van der Waals surface area (Å²) >= 11 is 1.74. The molecule has 4 heterocycles. The maximum absolute atomic E-state index is 6.04. The van der Waals surface area contributed by atoms with Crippen molar-refractivity contribution < 1.29 is 4.74 Å². The minimum Gasteiger partial charge on any atom is -0.379 e. The number of hydrogen-bond donors (Lipinski definition) is 0. The third-order valence-electron chi connectivity index (χ3n) is 5.34. The molecule has 0 unspecified atom stereocenters. The van der Waals surface area contributed by atoms with Gasteiger partial charge in [0.25, 0.3) is 0 Å². The second-order valence-corrected chi connectivity index (χ2v) is 8.74. The number of hydrogen-bond acceptors (Lipinski definition) is 7. The topological polar surface area (TPSA) is 54.4 Å². The SMILES string of the molecule is Cc1ccc(N2CCOC[C@@]3(CCCN(Cc4csc(C)n4)C3)C2)nn1. The number of nitrogens with zero attached hydrogens (tertiary/aromatic N) is 5. The van der Waals surface area contributed by atoms with Crippen LogP contribution in [0.4, 0.5) is 5.82 Å². The van der Waals surface area contributed by atoms with E-state index < -0.39 is 0 Å². The molecule has 0 amide bonds. The van der Waals surface area contributed by atoms with Crippen molar-refractivity contribution in [2.45, 2.75) is 33.2 Å².